The van der Waals surface area contributed by atoms with Gasteiger partial charge in [0.2, 0.25) is 0 Å². The molecule has 27 heavy (non-hydrogen) atoms. The zero-order valence-electron chi connectivity index (χ0n) is 15.4. The molecular weight excluding hydrogens is 336 g/mol. The van der Waals surface area contributed by atoms with Gasteiger partial charge < -0.3 is 11.1 Å². The first-order valence-electron chi connectivity index (χ1n) is 8.85. The number of carbonyl (C=O) groups is 2. The third kappa shape index (κ3) is 4.42. The van der Waals surface area contributed by atoms with E-state index in [4.69, 9.17) is 5.73 Å². The number of nitrogen functional groups attached to an aromatic ring is 1. The van der Waals surface area contributed by atoms with E-state index in [2.05, 4.69) is 5.32 Å². The predicted octanol–water partition coefficient (Wildman–Crippen LogP) is 5.03. The Morgan fingerprint density at radius 3 is 1.74 bits per heavy atom. The summed E-state index contributed by atoms with van der Waals surface area (Å²) in [5.74, 6) is -0.205. The van der Waals surface area contributed by atoms with Crippen LogP contribution in [0.5, 0.6) is 0 Å². The van der Waals surface area contributed by atoms with Gasteiger partial charge in [0.05, 0.1) is 0 Å². The Labute approximate surface area is 159 Å². The Bertz CT molecular complexity index is 941. The maximum atomic E-state index is 12.4. The summed E-state index contributed by atoms with van der Waals surface area (Å²) in [7, 11) is 0. The molecule has 0 unspecified atom stereocenters. The van der Waals surface area contributed by atoms with E-state index in [1.807, 2.05) is 62.4 Å². The zero-order valence-corrected chi connectivity index (χ0v) is 15.4. The molecule has 0 heterocycles. The highest BCUT2D eigenvalue weighted by molar-refractivity contribution is 6.05. The smallest absolute Gasteiger partial charge is 0.255 e. The van der Waals surface area contributed by atoms with E-state index in [9.17, 15) is 9.59 Å². The first kappa shape index (κ1) is 18.4. The molecule has 0 aliphatic rings. The zero-order chi connectivity index (χ0) is 19.4. The second-order valence-electron chi connectivity index (χ2n) is 6.75. The highest BCUT2D eigenvalue weighted by Gasteiger charge is 2.12. The van der Waals surface area contributed by atoms with Crippen LogP contribution in [0.15, 0.2) is 72.8 Å². The Balaban J connectivity index is 1.69. The summed E-state index contributed by atoms with van der Waals surface area (Å²) in [6, 6.07) is 22.0. The van der Waals surface area contributed by atoms with E-state index >= 15 is 0 Å². The van der Waals surface area contributed by atoms with E-state index in [1.54, 1.807) is 24.3 Å². The number of carbonyl (C=O) groups excluding carboxylic acids is 2. The van der Waals surface area contributed by atoms with Crippen molar-refractivity contribution in [2.75, 3.05) is 11.1 Å². The maximum absolute atomic E-state index is 12.4. The van der Waals surface area contributed by atoms with E-state index in [-0.39, 0.29) is 17.6 Å². The van der Waals surface area contributed by atoms with Crippen LogP contribution < -0.4 is 11.1 Å². The largest absolute Gasteiger partial charge is 0.399 e. The van der Waals surface area contributed by atoms with Gasteiger partial charge in [-0.05, 0) is 47.5 Å². The Kier molecular flexibility index (Phi) is 5.36. The lowest BCUT2D eigenvalue weighted by molar-refractivity contribution is 0.0938. The van der Waals surface area contributed by atoms with E-state index in [0.29, 0.717) is 16.8 Å². The lowest BCUT2D eigenvalue weighted by Gasteiger charge is -2.08. The van der Waals surface area contributed by atoms with Crippen molar-refractivity contribution in [3.05, 3.63) is 83.9 Å². The average Bonchev–Trinajstić information content (AvgIpc) is 2.68. The molecule has 0 bridgehead atoms. The number of nitrogens with two attached hydrogens (primary N) is 1. The number of amides is 1. The fraction of sp³-hybridized carbons (Fsp3) is 0.130. The van der Waals surface area contributed by atoms with Crippen molar-refractivity contribution in [1.82, 2.24) is 0 Å². The number of hydrogen-bond acceptors (Lipinski definition) is 3. The molecule has 0 aromatic heterocycles. The van der Waals surface area contributed by atoms with Gasteiger partial charge in [-0.15, -0.1) is 0 Å². The maximum Gasteiger partial charge on any atom is 0.255 e. The summed E-state index contributed by atoms with van der Waals surface area (Å²) >= 11 is 0. The van der Waals surface area contributed by atoms with Gasteiger partial charge in [-0.1, -0.05) is 50.2 Å². The number of hydrogen-bond donors (Lipinski definition) is 2. The predicted molar refractivity (Wildman–Crippen MR) is 110 cm³/mol. The number of nitrogens with one attached hydrogen (secondary N) is 1. The molecular formula is C23H22N2O2. The number of benzene rings is 3. The quantitative estimate of drug-likeness (QED) is 0.496. The van der Waals surface area contributed by atoms with Crippen molar-refractivity contribution in [2.24, 2.45) is 5.92 Å². The topological polar surface area (TPSA) is 72.2 Å². The Morgan fingerprint density at radius 2 is 1.22 bits per heavy atom. The molecule has 4 nitrogen and oxygen atoms in total. The minimum absolute atomic E-state index is 0.0655. The molecule has 0 atom stereocenters. The molecule has 0 saturated carbocycles. The summed E-state index contributed by atoms with van der Waals surface area (Å²) in [4.78, 5) is 24.4. The van der Waals surface area contributed by atoms with Gasteiger partial charge in [0.1, 0.15) is 0 Å². The van der Waals surface area contributed by atoms with Gasteiger partial charge >= 0.3 is 0 Å². The molecule has 0 aliphatic heterocycles. The first-order chi connectivity index (χ1) is 12.9. The van der Waals surface area contributed by atoms with E-state index < -0.39 is 0 Å². The summed E-state index contributed by atoms with van der Waals surface area (Å²) in [6.07, 6.45) is 0. The third-order valence-corrected chi connectivity index (χ3v) is 4.34. The van der Waals surface area contributed by atoms with Crippen LogP contribution in [0.2, 0.25) is 0 Å². The van der Waals surface area contributed by atoms with Gasteiger partial charge in [0, 0.05) is 28.4 Å². The van der Waals surface area contributed by atoms with Crippen LogP contribution in [0, 0.1) is 5.92 Å². The molecule has 136 valence electrons. The summed E-state index contributed by atoms with van der Waals surface area (Å²) in [5.41, 5.74) is 10.4. The lowest BCUT2D eigenvalue weighted by Crippen LogP contribution is -2.13. The molecule has 3 aromatic rings. The highest BCUT2D eigenvalue weighted by Crippen LogP contribution is 2.22. The van der Waals surface area contributed by atoms with Crippen LogP contribution in [0.3, 0.4) is 0 Å². The van der Waals surface area contributed by atoms with Crippen LogP contribution in [0.25, 0.3) is 11.1 Å². The molecule has 1 amide bonds. The molecule has 0 radical (unpaired) electrons. The van der Waals surface area contributed by atoms with Crippen LogP contribution >= 0.6 is 0 Å². The summed E-state index contributed by atoms with van der Waals surface area (Å²) < 4.78 is 0. The monoisotopic (exact) mass is 358 g/mol. The Hall–Kier alpha value is -3.40. The number of anilines is 2. The molecule has 0 aliphatic carbocycles. The van der Waals surface area contributed by atoms with Crippen molar-refractivity contribution in [3.8, 4) is 11.1 Å². The van der Waals surface area contributed by atoms with Gasteiger partial charge in [0.25, 0.3) is 5.91 Å². The number of ketones is 1. The normalized spacial score (nSPS) is 10.6. The van der Waals surface area contributed by atoms with Gasteiger partial charge in [-0.25, -0.2) is 0 Å². The lowest BCUT2D eigenvalue weighted by atomic mass is 10.00. The van der Waals surface area contributed by atoms with Crippen molar-refractivity contribution >= 4 is 23.1 Å². The van der Waals surface area contributed by atoms with Crippen LogP contribution in [0.4, 0.5) is 11.4 Å². The second-order valence-corrected chi connectivity index (χ2v) is 6.75. The minimum atomic E-state index is -0.209. The SMILES string of the molecule is CC(C)C(=O)c1ccc(C(=O)Nc2ccc(-c3ccc(N)cc3)cc2)cc1. The number of rotatable bonds is 5. The first-order valence-corrected chi connectivity index (χ1v) is 8.85. The minimum Gasteiger partial charge on any atom is -0.399 e. The van der Waals surface area contributed by atoms with Crippen LogP contribution in [0.1, 0.15) is 34.6 Å². The molecule has 3 N–H and O–H groups in total. The highest BCUT2D eigenvalue weighted by atomic mass is 16.1. The van der Waals surface area contributed by atoms with Crippen LogP contribution in [-0.4, -0.2) is 11.7 Å². The fourth-order valence-corrected chi connectivity index (χ4v) is 2.74. The van der Waals surface area contributed by atoms with Gasteiger partial charge in [0.15, 0.2) is 5.78 Å². The van der Waals surface area contributed by atoms with Crippen molar-refractivity contribution in [1.29, 1.82) is 0 Å². The standard InChI is InChI=1S/C23H22N2O2/c1-15(2)22(26)18-3-5-19(6-4-18)23(27)25-21-13-9-17(10-14-21)16-7-11-20(24)12-8-16/h3-15H,24H2,1-2H3,(H,25,27). The molecule has 0 saturated heterocycles. The fourth-order valence-electron chi connectivity index (χ4n) is 2.74. The molecule has 0 spiro atoms. The second kappa shape index (κ2) is 7.87. The van der Waals surface area contributed by atoms with E-state index in [0.717, 1.165) is 16.8 Å². The molecule has 3 aromatic carbocycles. The molecule has 3 rings (SSSR count). The van der Waals surface area contributed by atoms with E-state index in [1.165, 1.54) is 0 Å². The van der Waals surface area contributed by atoms with Crippen LogP contribution in [-0.2, 0) is 0 Å². The van der Waals surface area contributed by atoms with Crippen molar-refractivity contribution in [3.63, 3.8) is 0 Å². The number of Topliss-reactive ketones (excluding diaryl/α,β-unsaturated/α-hetero) is 1. The van der Waals surface area contributed by atoms with Crippen molar-refractivity contribution < 1.29 is 9.59 Å². The summed E-state index contributed by atoms with van der Waals surface area (Å²) in [6.45, 7) is 3.72. The Morgan fingerprint density at radius 1 is 0.741 bits per heavy atom. The van der Waals surface area contributed by atoms with Gasteiger partial charge in [-0.3, -0.25) is 9.59 Å². The summed E-state index contributed by atoms with van der Waals surface area (Å²) in [5, 5.41) is 2.87. The average molecular weight is 358 g/mol. The molecule has 0 fully saturated rings. The van der Waals surface area contributed by atoms with Crippen molar-refractivity contribution in [2.45, 2.75) is 13.8 Å². The third-order valence-electron chi connectivity index (χ3n) is 4.34. The molecule has 4 heteroatoms. The van der Waals surface area contributed by atoms with Gasteiger partial charge in [-0.2, -0.15) is 0 Å².